The summed E-state index contributed by atoms with van der Waals surface area (Å²) in [6.45, 7) is 2.73. The van der Waals surface area contributed by atoms with E-state index in [1.807, 2.05) is 6.92 Å². The van der Waals surface area contributed by atoms with Crippen LogP contribution in [0.15, 0.2) is 36.4 Å². The number of fused-ring (bicyclic) bond motifs is 1. The van der Waals surface area contributed by atoms with Gasteiger partial charge >= 0.3 is 0 Å². The summed E-state index contributed by atoms with van der Waals surface area (Å²) in [4.78, 5) is 25.9. The number of anilines is 1. The minimum atomic E-state index is -0.418. The Bertz CT molecular complexity index is 823. The summed E-state index contributed by atoms with van der Waals surface area (Å²) in [7, 11) is 0. The molecule has 124 valence electrons. The largest absolute Gasteiger partial charge is 0.348 e. The number of amides is 2. The average Bonchev–Trinajstić information content (AvgIpc) is 2.87. The van der Waals surface area contributed by atoms with Crippen molar-refractivity contribution in [1.29, 1.82) is 0 Å². The lowest BCUT2D eigenvalue weighted by Crippen LogP contribution is -2.26. The molecule has 0 bridgehead atoms. The van der Waals surface area contributed by atoms with Crippen molar-refractivity contribution in [3.05, 3.63) is 63.9 Å². The first-order valence-corrected chi connectivity index (χ1v) is 8.03. The molecule has 3 rings (SSSR count). The van der Waals surface area contributed by atoms with E-state index in [2.05, 4.69) is 5.32 Å². The zero-order chi connectivity index (χ0) is 17.3. The number of hydrogen-bond donors (Lipinski definition) is 1. The standard InChI is InChI=1S/C18H16ClFN2O2/c1-2-22-16-6-4-11(7-13(16)8-17(22)23)18(24)21-10-12-3-5-14(20)9-15(12)19/h3-7,9H,2,8,10H2,1H3,(H,21,24). The summed E-state index contributed by atoms with van der Waals surface area (Å²) >= 11 is 5.95. The number of carbonyl (C=O) groups is 2. The Balaban J connectivity index is 1.72. The van der Waals surface area contributed by atoms with Crippen LogP contribution in [0.3, 0.4) is 0 Å². The molecule has 0 spiro atoms. The van der Waals surface area contributed by atoms with Crippen LogP contribution in [0.2, 0.25) is 5.02 Å². The number of carbonyl (C=O) groups excluding carboxylic acids is 2. The number of hydrogen-bond acceptors (Lipinski definition) is 2. The van der Waals surface area contributed by atoms with E-state index >= 15 is 0 Å². The van der Waals surface area contributed by atoms with Crippen LogP contribution in [0.5, 0.6) is 0 Å². The third-order valence-corrected chi connectivity index (χ3v) is 4.40. The second kappa shape index (κ2) is 6.61. The van der Waals surface area contributed by atoms with Gasteiger partial charge < -0.3 is 10.2 Å². The lowest BCUT2D eigenvalue weighted by molar-refractivity contribution is -0.117. The van der Waals surface area contributed by atoms with Crippen molar-refractivity contribution < 1.29 is 14.0 Å². The van der Waals surface area contributed by atoms with Gasteiger partial charge in [0.15, 0.2) is 0 Å². The van der Waals surface area contributed by atoms with E-state index in [-0.39, 0.29) is 23.4 Å². The van der Waals surface area contributed by atoms with Crippen LogP contribution in [0, 0.1) is 5.82 Å². The maximum atomic E-state index is 13.0. The average molecular weight is 347 g/mol. The molecule has 24 heavy (non-hydrogen) atoms. The van der Waals surface area contributed by atoms with Gasteiger partial charge in [-0.05, 0) is 48.4 Å². The van der Waals surface area contributed by atoms with E-state index in [1.165, 1.54) is 12.1 Å². The zero-order valence-electron chi connectivity index (χ0n) is 13.1. The summed E-state index contributed by atoms with van der Waals surface area (Å²) < 4.78 is 13.0. The van der Waals surface area contributed by atoms with Gasteiger partial charge in [0.2, 0.25) is 5.91 Å². The topological polar surface area (TPSA) is 49.4 Å². The van der Waals surface area contributed by atoms with Crippen LogP contribution in [0.4, 0.5) is 10.1 Å². The van der Waals surface area contributed by atoms with Gasteiger partial charge in [-0.15, -0.1) is 0 Å². The van der Waals surface area contributed by atoms with Crippen molar-refractivity contribution in [1.82, 2.24) is 5.32 Å². The smallest absolute Gasteiger partial charge is 0.251 e. The molecule has 4 nitrogen and oxygen atoms in total. The summed E-state index contributed by atoms with van der Waals surface area (Å²) in [6.07, 6.45) is 0.314. The van der Waals surface area contributed by atoms with Crippen LogP contribution >= 0.6 is 11.6 Å². The monoisotopic (exact) mass is 346 g/mol. The first-order valence-electron chi connectivity index (χ1n) is 7.65. The Labute approximate surface area is 144 Å². The molecule has 0 saturated carbocycles. The summed E-state index contributed by atoms with van der Waals surface area (Å²) in [5.41, 5.74) is 2.84. The van der Waals surface area contributed by atoms with E-state index in [9.17, 15) is 14.0 Å². The van der Waals surface area contributed by atoms with Gasteiger partial charge in [-0.25, -0.2) is 4.39 Å². The Morgan fingerprint density at radius 2 is 2.08 bits per heavy atom. The molecule has 0 unspecified atom stereocenters. The number of halogens is 2. The Morgan fingerprint density at radius 3 is 2.79 bits per heavy atom. The molecule has 1 N–H and O–H groups in total. The molecule has 1 aliphatic heterocycles. The van der Waals surface area contributed by atoms with Gasteiger partial charge in [0.05, 0.1) is 6.42 Å². The summed E-state index contributed by atoms with van der Waals surface area (Å²) in [6, 6.07) is 9.28. The summed E-state index contributed by atoms with van der Waals surface area (Å²) in [5, 5.41) is 3.03. The molecule has 0 atom stereocenters. The second-order valence-electron chi connectivity index (χ2n) is 5.58. The fourth-order valence-electron chi connectivity index (χ4n) is 2.81. The van der Waals surface area contributed by atoms with Gasteiger partial charge in [-0.1, -0.05) is 17.7 Å². The first kappa shape index (κ1) is 16.5. The van der Waals surface area contributed by atoms with Crippen LogP contribution in [0.1, 0.15) is 28.4 Å². The van der Waals surface area contributed by atoms with Crippen molar-refractivity contribution in [3.8, 4) is 0 Å². The molecular formula is C18H16ClFN2O2. The molecule has 0 aromatic heterocycles. The first-order chi connectivity index (χ1) is 11.5. The number of rotatable bonds is 4. The SMILES string of the molecule is CCN1C(=O)Cc2cc(C(=O)NCc3ccc(F)cc3Cl)ccc21. The third-order valence-electron chi connectivity index (χ3n) is 4.05. The van der Waals surface area contributed by atoms with E-state index in [1.54, 1.807) is 29.2 Å². The molecule has 2 aromatic carbocycles. The third kappa shape index (κ3) is 3.12. The van der Waals surface area contributed by atoms with Crippen molar-refractivity contribution in [2.45, 2.75) is 19.9 Å². The zero-order valence-corrected chi connectivity index (χ0v) is 13.9. The van der Waals surface area contributed by atoms with E-state index in [4.69, 9.17) is 11.6 Å². The van der Waals surface area contributed by atoms with Crippen LogP contribution in [-0.4, -0.2) is 18.4 Å². The van der Waals surface area contributed by atoms with Gasteiger partial charge in [-0.3, -0.25) is 9.59 Å². The highest BCUT2D eigenvalue weighted by Crippen LogP contribution is 2.29. The van der Waals surface area contributed by atoms with Gasteiger partial charge in [-0.2, -0.15) is 0 Å². The molecule has 0 saturated heterocycles. The molecule has 1 heterocycles. The molecule has 0 aliphatic carbocycles. The van der Waals surface area contributed by atoms with Crippen LogP contribution in [-0.2, 0) is 17.8 Å². The van der Waals surface area contributed by atoms with Crippen molar-refractivity contribution in [2.24, 2.45) is 0 Å². The molecule has 6 heteroatoms. The highest BCUT2D eigenvalue weighted by molar-refractivity contribution is 6.31. The number of nitrogens with zero attached hydrogens (tertiary/aromatic N) is 1. The van der Waals surface area contributed by atoms with Crippen LogP contribution in [0.25, 0.3) is 0 Å². The predicted molar refractivity (Wildman–Crippen MR) is 90.8 cm³/mol. The normalized spacial score (nSPS) is 13.1. The highest BCUT2D eigenvalue weighted by Gasteiger charge is 2.26. The van der Waals surface area contributed by atoms with E-state index < -0.39 is 5.82 Å². The molecule has 2 amide bonds. The minimum absolute atomic E-state index is 0.0446. The fraction of sp³-hybridized carbons (Fsp3) is 0.222. The molecule has 0 fully saturated rings. The van der Waals surface area contributed by atoms with Crippen molar-refractivity contribution in [2.75, 3.05) is 11.4 Å². The number of likely N-dealkylation sites (N-methyl/N-ethyl adjacent to an activating group) is 1. The minimum Gasteiger partial charge on any atom is -0.348 e. The van der Waals surface area contributed by atoms with Gasteiger partial charge in [0.1, 0.15) is 5.82 Å². The highest BCUT2D eigenvalue weighted by atomic mass is 35.5. The predicted octanol–water partition coefficient (Wildman–Crippen LogP) is 3.32. The molecular weight excluding hydrogens is 331 g/mol. The van der Waals surface area contributed by atoms with Crippen molar-refractivity contribution >= 4 is 29.1 Å². The molecule has 0 radical (unpaired) electrons. The molecule has 2 aromatic rings. The summed E-state index contributed by atoms with van der Waals surface area (Å²) in [5.74, 6) is -0.636. The Hall–Kier alpha value is -2.40. The van der Waals surface area contributed by atoms with Crippen LogP contribution < -0.4 is 10.2 Å². The quantitative estimate of drug-likeness (QED) is 0.923. The van der Waals surface area contributed by atoms with Gasteiger partial charge in [0.25, 0.3) is 5.91 Å². The van der Waals surface area contributed by atoms with Crippen molar-refractivity contribution in [3.63, 3.8) is 0 Å². The lowest BCUT2D eigenvalue weighted by Gasteiger charge is -2.14. The Morgan fingerprint density at radius 1 is 1.29 bits per heavy atom. The second-order valence-corrected chi connectivity index (χ2v) is 5.98. The maximum Gasteiger partial charge on any atom is 0.251 e. The lowest BCUT2D eigenvalue weighted by atomic mass is 10.1. The fourth-order valence-corrected chi connectivity index (χ4v) is 3.05. The number of benzene rings is 2. The van der Waals surface area contributed by atoms with E-state index in [0.717, 1.165) is 11.3 Å². The molecule has 1 aliphatic rings. The van der Waals surface area contributed by atoms with E-state index in [0.29, 0.717) is 24.1 Å². The number of nitrogens with one attached hydrogen (secondary N) is 1. The Kier molecular flexibility index (Phi) is 4.53. The van der Waals surface area contributed by atoms with Gasteiger partial charge in [0, 0.05) is 29.4 Å². The maximum absolute atomic E-state index is 13.0.